The molecule has 0 aromatic carbocycles. The zero-order valence-electron chi connectivity index (χ0n) is 9.42. The van der Waals surface area contributed by atoms with Gasteiger partial charge in [-0.2, -0.15) is 0 Å². The maximum atomic E-state index is 6.25. The first-order valence-electron chi connectivity index (χ1n) is 5.73. The lowest BCUT2D eigenvalue weighted by atomic mass is 10.3. The number of rotatable bonds is 5. The second-order valence-electron chi connectivity index (χ2n) is 4.21. The van der Waals surface area contributed by atoms with Gasteiger partial charge >= 0.3 is 0 Å². The number of halogens is 2. The van der Waals surface area contributed by atoms with Crippen molar-refractivity contribution in [2.75, 3.05) is 11.4 Å². The quantitative estimate of drug-likeness (QED) is 0.746. The van der Waals surface area contributed by atoms with Crippen molar-refractivity contribution >= 4 is 29.0 Å². The van der Waals surface area contributed by atoms with Gasteiger partial charge in [0.1, 0.15) is 5.82 Å². The van der Waals surface area contributed by atoms with Crippen LogP contribution in [0.4, 0.5) is 5.82 Å². The van der Waals surface area contributed by atoms with Crippen LogP contribution in [0, 0.1) is 0 Å². The summed E-state index contributed by atoms with van der Waals surface area (Å²) in [5.74, 6) is 1.38. The van der Waals surface area contributed by atoms with Gasteiger partial charge < -0.3 is 4.90 Å². The molecule has 0 radical (unpaired) electrons. The Morgan fingerprint density at radius 2 is 2.25 bits per heavy atom. The molecule has 4 heteroatoms. The van der Waals surface area contributed by atoms with Crippen LogP contribution in [0.5, 0.6) is 0 Å². The van der Waals surface area contributed by atoms with Gasteiger partial charge in [-0.05, 0) is 30.9 Å². The maximum Gasteiger partial charge on any atom is 0.147 e. The van der Waals surface area contributed by atoms with Crippen molar-refractivity contribution in [3.63, 3.8) is 0 Å². The summed E-state index contributed by atoms with van der Waals surface area (Å²) in [6.45, 7) is 3.20. The van der Waals surface area contributed by atoms with E-state index < -0.39 is 0 Å². The van der Waals surface area contributed by atoms with Crippen molar-refractivity contribution in [2.24, 2.45) is 0 Å². The minimum atomic E-state index is 0.463. The Balaban J connectivity index is 2.22. The Kier molecular flexibility index (Phi) is 3.93. The number of anilines is 1. The predicted octanol–water partition coefficient (Wildman–Crippen LogP) is 3.85. The number of aromatic nitrogens is 1. The number of alkyl halides is 1. The number of nitrogens with zero attached hydrogens (tertiary/aromatic N) is 2. The molecular formula is C12H16Cl2N2. The number of hydrogen-bond donors (Lipinski definition) is 0. The van der Waals surface area contributed by atoms with E-state index in [1.165, 1.54) is 12.8 Å². The molecule has 0 N–H and O–H groups in total. The van der Waals surface area contributed by atoms with Crippen molar-refractivity contribution in [2.45, 2.75) is 38.1 Å². The van der Waals surface area contributed by atoms with Crippen LogP contribution in [-0.4, -0.2) is 17.6 Å². The second kappa shape index (κ2) is 5.24. The van der Waals surface area contributed by atoms with Gasteiger partial charge in [0.05, 0.1) is 5.02 Å². The van der Waals surface area contributed by atoms with E-state index in [0.717, 1.165) is 29.4 Å². The molecule has 1 fully saturated rings. The topological polar surface area (TPSA) is 16.1 Å². The average Bonchev–Trinajstić information content (AvgIpc) is 3.10. The third-order valence-electron chi connectivity index (χ3n) is 2.76. The van der Waals surface area contributed by atoms with Gasteiger partial charge in [0.25, 0.3) is 0 Å². The molecule has 0 saturated heterocycles. The van der Waals surface area contributed by atoms with E-state index in [2.05, 4.69) is 16.8 Å². The molecule has 0 aliphatic heterocycles. The Labute approximate surface area is 107 Å². The molecule has 2 nitrogen and oxygen atoms in total. The summed E-state index contributed by atoms with van der Waals surface area (Å²) in [4.78, 5) is 6.76. The Hall–Kier alpha value is -0.470. The van der Waals surface area contributed by atoms with Gasteiger partial charge in [-0.1, -0.05) is 18.5 Å². The molecule has 1 saturated carbocycles. The summed E-state index contributed by atoms with van der Waals surface area (Å²) >= 11 is 12.0. The molecule has 1 aromatic heterocycles. The van der Waals surface area contributed by atoms with Crippen LogP contribution in [0.25, 0.3) is 0 Å². The van der Waals surface area contributed by atoms with Crippen molar-refractivity contribution in [3.8, 4) is 0 Å². The summed E-state index contributed by atoms with van der Waals surface area (Å²) < 4.78 is 0. The maximum absolute atomic E-state index is 6.25. The minimum Gasteiger partial charge on any atom is -0.352 e. The number of pyridine rings is 1. The van der Waals surface area contributed by atoms with Crippen LogP contribution in [0.2, 0.25) is 5.02 Å². The SMILES string of the molecule is CCCN(c1ncc(CCl)cc1Cl)C1CC1. The molecule has 0 amide bonds. The molecule has 16 heavy (non-hydrogen) atoms. The van der Waals surface area contributed by atoms with E-state index in [1.54, 1.807) is 0 Å². The molecule has 0 unspecified atom stereocenters. The first-order valence-corrected chi connectivity index (χ1v) is 6.64. The monoisotopic (exact) mass is 258 g/mol. The zero-order chi connectivity index (χ0) is 11.5. The first kappa shape index (κ1) is 12.0. The molecule has 1 aromatic rings. The zero-order valence-corrected chi connectivity index (χ0v) is 10.9. The molecule has 1 aliphatic carbocycles. The van der Waals surface area contributed by atoms with Crippen LogP contribution in [0.1, 0.15) is 31.7 Å². The summed E-state index contributed by atoms with van der Waals surface area (Å²) in [6, 6.07) is 2.56. The van der Waals surface area contributed by atoms with Gasteiger partial charge in [0, 0.05) is 24.7 Å². The fourth-order valence-electron chi connectivity index (χ4n) is 1.84. The second-order valence-corrected chi connectivity index (χ2v) is 4.88. The highest BCUT2D eigenvalue weighted by Gasteiger charge is 2.30. The van der Waals surface area contributed by atoms with Crippen LogP contribution in [0.15, 0.2) is 12.3 Å². The molecule has 1 aliphatic rings. The largest absolute Gasteiger partial charge is 0.352 e. The molecule has 0 bridgehead atoms. The Bertz CT molecular complexity index is 364. The van der Waals surface area contributed by atoms with E-state index in [0.29, 0.717) is 11.9 Å². The van der Waals surface area contributed by atoms with Gasteiger partial charge in [0.2, 0.25) is 0 Å². The van der Waals surface area contributed by atoms with Crippen LogP contribution in [-0.2, 0) is 5.88 Å². The van der Waals surface area contributed by atoms with Crippen LogP contribution < -0.4 is 4.90 Å². The molecular weight excluding hydrogens is 243 g/mol. The molecule has 88 valence electrons. The molecule has 1 heterocycles. The van der Waals surface area contributed by atoms with Crippen molar-refractivity contribution in [1.82, 2.24) is 4.98 Å². The van der Waals surface area contributed by atoms with E-state index in [4.69, 9.17) is 23.2 Å². The van der Waals surface area contributed by atoms with E-state index in [-0.39, 0.29) is 0 Å². The Morgan fingerprint density at radius 1 is 1.50 bits per heavy atom. The Morgan fingerprint density at radius 3 is 2.75 bits per heavy atom. The smallest absolute Gasteiger partial charge is 0.147 e. The fraction of sp³-hybridized carbons (Fsp3) is 0.583. The molecule has 2 rings (SSSR count). The van der Waals surface area contributed by atoms with Crippen LogP contribution >= 0.6 is 23.2 Å². The van der Waals surface area contributed by atoms with Crippen LogP contribution in [0.3, 0.4) is 0 Å². The van der Waals surface area contributed by atoms with E-state index in [9.17, 15) is 0 Å². The highest BCUT2D eigenvalue weighted by molar-refractivity contribution is 6.33. The van der Waals surface area contributed by atoms with Gasteiger partial charge in [0.15, 0.2) is 0 Å². The lowest BCUT2D eigenvalue weighted by Crippen LogP contribution is -2.27. The van der Waals surface area contributed by atoms with Crippen molar-refractivity contribution in [3.05, 3.63) is 22.8 Å². The van der Waals surface area contributed by atoms with Crippen molar-refractivity contribution < 1.29 is 0 Å². The highest BCUT2D eigenvalue weighted by Crippen LogP contribution is 2.34. The number of hydrogen-bond acceptors (Lipinski definition) is 2. The lowest BCUT2D eigenvalue weighted by molar-refractivity contribution is 0.750. The third kappa shape index (κ3) is 2.61. The van der Waals surface area contributed by atoms with Gasteiger partial charge in [-0.3, -0.25) is 0 Å². The first-order chi connectivity index (χ1) is 7.76. The van der Waals surface area contributed by atoms with Gasteiger partial charge in [-0.15, -0.1) is 11.6 Å². The van der Waals surface area contributed by atoms with E-state index in [1.807, 2.05) is 12.3 Å². The fourth-order valence-corrected chi connectivity index (χ4v) is 2.29. The predicted molar refractivity (Wildman–Crippen MR) is 69.5 cm³/mol. The highest BCUT2D eigenvalue weighted by atomic mass is 35.5. The third-order valence-corrected chi connectivity index (χ3v) is 3.34. The summed E-state index contributed by atoms with van der Waals surface area (Å²) in [5, 5.41) is 0.721. The molecule has 0 spiro atoms. The average molecular weight is 259 g/mol. The summed E-state index contributed by atoms with van der Waals surface area (Å²) in [7, 11) is 0. The summed E-state index contributed by atoms with van der Waals surface area (Å²) in [5.41, 5.74) is 0.975. The normalized spacial score (nSPS) is 15.2. The molecule has 0 atom stereocenters. The minimum absolute atomic E-state index is 0.463. The summed E-state index contributed by atoms with van der Waals surface area (Å²) in [6.07, 6.45) is 5.45. The van der Waals surface area contributed by atoms with Crippen molar-refractivity contribution in [1.29, 1.82) is 0 Å². The van der Waals surface area contributed by atoms with E-state index >= 15 is 0 Å². The standard InChI is InChI=1S/C12H16Cl2N2/c1-2-5-16(10-3-4-10)12-11(14)6-9(7-13)8-15-12/h6,8,10H,2-5,7H2,1H3. The lowest BCUT2D eigenvalue weighted by Gasteiger charge is -2.24. The van der Waals surface area contributed by atoms with Gasteiger partial charge in [-0.25, -0.2) is 4.98 Å².